The van der Waals surface area contributed by atoms with Crippen LogP contribution in [0.2, 0.25) is 0 Å². The molecule has 0 spiro atoms. The van der Waals surface area contributed by atoms with E-state index in [0.717, 1.165) is 31.2 Å². The van der Waals surface area contributed by atoms with Gasteiger partial charge in [0.05, 0.1) is 13.2 Å². The number of hydrogen-bond donors (Lipinski definition) is 1. The lowest BCUT2D eigenvalue weighted by Crippen LogP contribution is -2.44. The van der Waals surface area contributed by atoms with Crippen LogP contribution in [-0.2, 0) is 0 Å². The number of hydrogen-bond acceptors (Lipinski definition) is 3. The zero-order valence-electron chi connectivity index (χ0n) is 13.7. The Morgan fingerprint density at radius 1 is 1.24 bits per heavy atom. The second kappa shape index (κ2) is 7.81. The Morgan fingerprint density at radius 2 is 1.90 bits per heavy atom. The molecule has 1 aromatic carbocycles. The van der Waals surface area contributed by atoms with E-state index in [-0.39, 0.29) is 12.1 Å². The number of likely N-dealkylation sites (tertiary alicyclic amines) is 1. The molecule has 2 unspecified atom stereocenters. The van der Waals surface area contributed by atoms with Crippen molar-refractivity contribution in [2.24, 2.45) is 11.7 Å². The smallest absolute Gasteiger partial charge is 0.123 e. The zero-order valence-corrected chi connectivity index (χ0v) is 13.7. The lowest BCUT2D eigenvalue weighted by atomic mass is 9.89. The second-order valence-electron chi connectivity index (χ2n) is 6.15. The molecule has 0 amide bonds. The summed E-state index contributed by atoms with van der Waals surface area (Å²) in [6.45, 7) is 6.77. The Bertz CT molecular complexity index is 427. The molecule has 1 aliphatic heterocycles. The van der Waals surface area contributed by atoms with Crippen LogP contribution in [0.3, 0.4) is 0 Å². The fourth-order valence-electron chi connectivity index (χ4n) is 3.47. The molecule has 1 fully saturated rings. The number of rotatable bonds is 6. The van der Waals surface area contributed by atoms with E-state index in [1.165, 1.54) is 24.8 Å². The topological polar surface area (TPSA) is 38.5 Å². The zero-order chi connectivity index (χ0) is 15.2. The van der Waals surface area contributed by atoms with Gasteiger partial charge < -0.3 is 10.5 Å². The lowest BCUT2D eigenvalue weighted by Gasteiger charge is -2.40. The van der Waals surface area contributed by atoms with Crippen LogP contribution in [0.25, 0.3) is 0 Å². The summed E-state index contributed by atoms with van der Waals surface area (Å²) in [4.78, 5) is 2.57. The summed E-state index contributed by atoms with van der Waals surface area (Å²) in [6, 6.07) is 8.75. The van der Waals surface area contributed by atoms with Crippen LogP contribution < -0.4 is 10.5 Å². The van der Waals surface area contributed by atoms with Gasteiger partial charge in [-0.15, -0.1) is 0 Å². The van der Waals surface area contributed by atoms with Crippen LogP contribution in [0.4, 0.5) is 0 Å². The predicted molar refractivity (Wildman–Crippen MR) is 88.6 cm³/mol. The van der Waals surface area contributed by atoms with Crippen LogP contribution in [0.1, 0.15) is 51.1 Å². The summed E-state index contributed by atoms with van der Waals surface area (Å²) in [5.74, 6) is 1.85. The van der Waals surface area contributed by atoms with Crippen molar-refractivity contribution in [3.8, 4) is 5.75 Å². The number of para-hydroxylation sites is 1. The fourth-order valence-corrected chi connectivity index (χ4v) is 3.47. The van der Waals surface area contributed by atoms with Gasteiger partial charge in [-0.25, -0.2) is 0 Å². The van der Waals surface area contributed by atoms with Gasteiger partial charge in [0.2, 0.25) is 0 Å². The molecule has 0 aliphatic carbocycles. The van der Waals surface area contributed by atoms with Gasteiger partial charge in [-0.2, -0.15) is 0 Å². The molecule has 118 valence electrons. The van der Waals surface area contributed by atoms with Crippen LogP contribution in [0, 0.1) is 5.92 Å². The predicted octanol–water partition coefficient (Wildman–Crippen LogP) is 3.60. The van der Waals surface area contributed by atoms with Crippen molar-refractivity contribution in [2.45, 2.75) is 51.6 Å². The van der Waals surface area contributed by atoms with Crippen LogP contribution in [0.15, 0.2) is 24.3 Å². The number of piperidine rings is 1. The minimum absolute atomic E-state index is 0.152. The van der Waals surface area contributed by atoms with Gasteiger partial charge in [-0.05, 0) is 44.3 Å². The summed E-state index contributed by atoms with van der Waals surface area (Å²) in [5.41, 5.74) is 7.71. The summed E-state index contributed by atoms with van der Waals surface area (Å²) in [6.07, 6.45) is 4.86. The van der Waals surface area contributed by atoms with Crippen molar-refractivity contribution >= 4 is 0 Å². The Hall–Kier alpha value is -1.06. The van der Waals surface area contributed by atoms with Crippen molar-refractivity contribution in [2.75, 3.05) is 20.2 Å². The maximum atomic E-state index is 6.47. The monoisotopic (exact) mass is 290 g/mol. The molecule has 3 nitrogen and oxygen atoms in total. The molecule has 0 saturated carbocycles. The van der Waals surface area contributed by atoms with E-state index in [4.69, 9.17) is 10.5 Å². The quantitative estimate of drug-likeness (QED) is 0.870. The standard InChI is InChI=1S/C18H30N2O/c1-4-14-10-12-20(13-11-14)18(16(19)5-2)15-8-6-7-9-17(15)21-3/h6-9,14,16,18H,4-5,10-13,19H2,1-3H3. The van der Waals surface area contributed by atoms with Gasteiger partial charge in [0, 0.05) is 11.6 Å². The van der Waals surface area contributed by atoms with Crippen molar-refractivity contribution in [1.82, 2.24) is 4.90 Å². The van der Waals surface area contributed by atoms with Crippen molar-refractivity contribution < 1.29 is 4.74 Å². The first-order valence-electron chi connectivity index (χ1n) is 8.33. The highest BCUT2D eigenvalue weighted by Crippen LogP contribution is 2.35. The maximum absolute atomic E-state index is 6.47. The van der Waals surface area contributed by atoms with E-state index in [0.29, 0.717) is 0 Å². The van der Waals surface area contributed by atoms with Gasteiger partial charge in [0.15, 0.2) is 0 Å². The van der Waals surface area contributed by atoms with E-state index in [1.54, 1.807) is 7.11 Å². The second-order valence-corrected chi connectivity index (χ2v) is 6.15. The maximum Gasteiger partial charge on any atom is 0.123 e. The molecule has 2 rings (SSSR count). The van der Waals surface area contributed by atoms with Gasteiger partial charge in [-0.1, -0.05) is 38.5 Å². The largest absolute Gasteiger partial charge is 0.496 e. The SMILES string of the molecule is CCC1CCN(C(c2ccccc2OC)C(N)CC)CC1. The average Bonchev–Trinajstić information content (AvgIpc) is 2.56. The van der Waals surface area contributed by atoms with E-state index in [1.807, 2.05) is 12.1 Å². The average molecular weight is 290 g/mol. The third-order valence-electron chi connectivity index (χ3n) is 4.95. The first-order valence-corrected chi connectivity index (χ1v) is 8.33. The number of nitrogens with zero attached hydrogens (tertiary/aromatic N) is 1. The first-order chi connectivity index (χ1) is 10.2. The summed E-state index contributed by atoms with van der Waals surface area (Å²) in [7, 11) is 1.75. The first kappa shape index (κ1) is 16.3. The Kier molecular flexibility index (Phi) is 6.07. The minimum Gasteiger partial charge on any atom is -0.496 e. The van der Waals surface area contributed by atoms with Crippen molar-refractivity contribution in [1.29, 1.82) is 0 Å². The molecule has 3 heteroatoms. The van der Waals surface area contributed by atoms with Crippen LogP contribution in [0.5, 0.6) is 5.75 Å². The van der Waals surface area contributed by atoms with Crippen LogP contribution >= 0.6 is 0 Å². The molecule has 1 aromatic rings. The molecular formula is C18H30N2O. The summed E-state index contributed by atoms with van der Waals surface area (Å²) in [5, 5.41) is 0. The van der Waals surface area contributed by atoms with Crippen molar-refractivity contribution in [3.63, 3.8) is 0 Å². The molecule has 0 radical (unpaired) electrons. The highest BCUT2D eigenvalue weighted by atomic mass is 16.5. The number of methoxy groups -OCH3 is 1. The highest BCUT2D eigenvalue weighted by Gasteiger charge is 2.30. The third kappa shape index (κ3) is 3.78. The Balaban J connectivity index is 2.23. The minimum atomic E-state index is 0.152. The molecule has 1 aliphatic rings. The molecule has 1 saturated heterocycles. The van der Waals surface area contributed by atoms with Gasteiger partial charge in [0.1, 0.15) is 5.75 Å². The van der Waals surface area contributed by atoms with Gasteiger partial charge >= 0.3 is 0 Å². The number of benzene rings is 1. The molecule has 21 heavy (non-hydrogen) atoms. The fraction of sp³-hybridized carbons (Fsp3) is 0.667. The molecular weight excluding hydrogens is 260 g/mol. The van der Waals surface area contributed by atoms with E-state index in [2.05, 4.69) is 30.9 Å². The molecule has 2 N–H and O–H groups in total. The summed E-state index contributed by atoms with van der Waals surface area (Å²) < 4.78 is 5.57. The Labute approximate surface area is 129 Å². The summed E-state index contributed by atoms with van der Waals surface area (Å²) >= 11 is 0. The van der Waals surface area contributed by atoms with E-state index >= 15 is 0 Å². The van der Waals surface area contributed by atoms with Gasteiger partial charge in [-0.3, -0.25) is 4.90 Å². The Morgan fingerprint density at radius 3 is 2.48 bits per heavy atom. The number of nitrogens with two attached hydrogens (primary N) is 1. The molecule has 2 atom stereocenters. The lowest BCUT2D eigenvalue weighted by molar-refractivity contribution is 0.111. The number of ether oxygens (including phenoxy) is 1. The van der Waals surface area contributed by atoms with Gasteiger partial charge in [0.25, 0.3) is 0 Å². The third-order valence-corrected chi connectivity index (χ3v) is 4.95. The highest BCUT2D eigenvalue weighted by molar-refractivity contribution is 5.37. The molecule has 0 aromatic heterocycles. The molecule has 0 bridgehead atoms. The normalized spacial score (nSPS) is 20.2. The van der Waals surface area contributed by atoms with Crippen molar-refractivity contribution in [3.05, 3.63) is 29.8 Å². The molecule has 1 heterocycles. The van der Waals surface area contributed by atoms with Crippen LogP contribution in [-0.4, -0.2) is 31.1 Å². The van der Waals surface area contributed by atoms with E-state index < -0.39 is 0 Å². The van der Waals surface area contributed by atoms with E-state index in [9.17, 15) is 0 Å².